The fraction of sp³-hybridized carbons (Fsp3) is 0.625. The molecule has 0 aliphatic heterocycles. The Labute approximate surface area is 112 Å². The van der Waals surface area contributed by atoms with E-state index in [1.807, 2.05) is 7.05 Å². The lowest BCUT2D eigenvalue weighted by Crippen LogP contribution is -2.25. The number of rotatable bonds is 6. The third-order valence-electron chi connectivity index (χ3n) is 4.08. The smallest absolute Gasteiger partial charge is 0.126 e. The van der Waals surface area contributed by atoms with Crippen molar-refractivity contribution in [2.75, 3.05) is 14.2 Å². The summed E-state index contributed by atoms with van der Waals surface area (Å²) in [6.07, 6.45) is 2.36. The van der Waals surface area contributed by atoms with Gasteiger partial charge in [0.05, 0.1) is 7.11 Å². The monoisotopic (exact) mass is 249 g/mol. The molecule has 1 aromatic carbocycles. The molecule has 0 aromatic heterocycles. The Balaban J connectivity index is 3.25. The first kappa shape index (κ1) is 15.0. The number of hydrogen-bond donors (Lipinski definition) is 1. The zero-order valence-electron chi connectivity index (χ0n) is 12.6. The van der Waals surface area contributed by atoms with E-state index in [4.69, 9.17) is 4.74 Å². The van der Waals surface area contributed by atoms with Crippen LogP contribution in [0.25, 0.3) is 0 Å². The largest absolute Gasteiger partial charge is 0.496 e. The minimum Gasteiger partial charge on any atom is -0.496 e. The molecule has 2 heteroatoms. The van der Waals surface area contributed by atoms with Gasteiger partial charge in [-0.3, -0.25) is 0 Å². The van der Waals surface area contributed by atoms with Gasteiger partial charge in [0, 0.05) is 11.6 Å². The Morgan fingerprint density at radius 2 is 1.78 bits per heavy atom. The Morgan fingerprint density at radius 1 is 1.17 bits per heavy atom. The second kappa shape index (κ2) is 6.79. The van der Waals surface area contributed by atoms with Gasteiger partial charge in [0.25, 0.3) is 0 Å². The Hall–Kier alpha value is -1.02. The third-order valence-corrected chi connectivity index (χ3v) is 4.08. The Morgan fingerprint density at radius 3 is 2.22 bits per heavy atom. The molecule has 0 fully saturated rings. The molecular weight excluding hydrogens is 222 g/mol. The lowest BCUT2D eigenvalue weighted by Gasteiger charge is -2.28. The number of methoxy groups -OCH3 is 1. The van der Waals surface area contributed by atoms with Crippen LogP contribution in [0, 0.1) is 19.8 Å². The van der Waals surface area contributed by atoms with Crippen LogP contribution in [0.3, 0.4) is 0 Å². The standard InChI is InChI=1S/C16H27NO/c1-7-13(8-2)15(17-5)14-10-9-11(3)12(4)16(14)18-6/h9-10,13,15,17H,7-8H2,1-6H3. The quantitative estimate of drug-likeness (QED) is 0.822. The molecular formula is C16H27NO. The molecule has 1 unspecified atom stereocenters. The molecule has 0 saturated carbocycles. The number of ether oxygens (including phenoxy) is 1. The number of hydrogen-bond acceptors (Lipinski definition) is 2. The van der Waals surface area contributed by atoms with Crippen molar-refractivity contribution >= 4 is 0 Å². The topological polar surface area (TPSA) is 21.3 Å². The van der Waals surface area contributed by atoms with Crippen molar-refractivity contribution in [2.24, 2.45) is 5.92 Å². The molecule has 0 radical (unpaired) electrons. The summed E-state index contributed by atoms with van der Waals surface area (Å²) in [7, 11) is 3.81. The van der Waals surface area contributed by atoms with Crippen molar-refractivity contribution in [3.63, 3.8) is 0 Å². The van der Waals surface area contributed by atoms with Gasteiger partial charge < -0.3 is 10.1 Å². The lowest BCUT2D eigenvalue weighted by atomic mass is 9.87. The fourth-order valence-electron chi connectivity index (χ4n) is 2.73. The van der Waals surface area contributed by atoms with Gasteiger partial charge in [0.15, 0.2) is 0 Å². The van der Waals surface area contributed by atoms with Gasteiger partial charge in [0.1, 0.15) is 5.75 Å². The van der Waals surface area contributed by atoms with Crippen LogP contribution in [0.2, 0.25) is 0 Å². The summed E-state index contributed by atoms with van der Waals surface area (Å²) in [6, 6.07) is 4.77. The van der Waals surface area contributed by atoms with E-state index in [-0.39, 0.29) is 0 Å². The Kier molecular flexibility index (Phi) is 5.67. The molecule has 0 bridgehead atoms. The van der Waals surface area contributed by atoms with Crippen LogP contribution in [-0.2, 0) is 0 Å². The highest BCUT2D eigenvalue weighted by Crippen LogP contribution is 2.36. The first-order valence-corrected chi connectivity index (χ1v) is 6.91. The molecule has 2 nitrogen and oxygen atoms in total. The van der Waals surface area contributed by atoms with E-state index in [9.17, 15) is 0 Å². The lowest BCUT2D eigenvalue weighted by molar-refractivity contribution is 0.339. The molecule has 0 saturated heterocycles. The summed E-state index contributed by atoms with van der Waals surface area (Å²) in [5.74, 6) is 1.69. The van der Waals surface area contributed by atoms with Crippen LogP contribution in [0.1, 0.15) is 49.4 Å². The molecule has 0 aliphatic carbocycles. The van der Waals surface area contributed by atoms with E-state index in [2.05, 4.69) is 45.1 Å². The number of benzene rings is 1. The summed E-state index contributed by atoms with van der Waals surface area (Å²) in [6.45, 7) is 8.78. The van der Waals surface area contributed by atoms with E-state index >= 15 is 0 Å². The normalized spacial score (nSPS) is 12.8. The fourth-order valence-corrected chi connectivity index (χ4v) is 2.73. The molecule has 0 spiro atoms. The van der Waals surface area contributed by atoms with E-state index in [0.29, 0.717) is 12.0 Å². The van der Waals surface area contributed by atoms with Crippen molar-refractivity contribution in [3.05, 3.63) is 28.8 Å². The van der Waals surface area contributed by atoms with Gasteiger partial charge >= 0.3 is 0 Å². The average molecular weight is 249 g/mol. The van der Waals surface area contributed by atoms with Crippen LogP contribution in [0.15, 0.2) is 12.1 Å². The van der Waals surface area contributed by atoms with Gasteiger partial charge in [-0.05, 0) is 37.9 Å². The zero-order chi connectivity index (χ0) is 13.7. The third kappa shape index (κ3) is 2.86. The van der Waals surface area contributed by atoms with Gasteiger partial charge in [0.2, 0.25) is 0 Å². The number of nitrogens with one attached hydrogen (secondary N) is 1. The highest BCUT2D eigenvalue weighted by molar-refractivity contribution is 5.47. The van der Waals surface area contributed by atoms with Gasteiger partial charge in [-0.1, -0.05) is 38.8 Å². The average Bonchev–Trinajstić information content (AvgIpc) is 2.39. The molecule has 0 heterocycles. The highest BCUT2D eigenvalue weighted by Gasteiger charge is 2.23. The summed E-state index contributed by atoms with van der Waals surface area (Å²) in [5, 5.41) is 3.46. The van der Waals surface area contributed by atoms with E-state index in [0.717, 1.165) is 5.75 Å². The summed E-state index contributed by atoms with van der Waals surface area (Å²) >= 11 is 0. The van der Waals surface area contributed by atoms with Crippen molar-refractivity contribution < 1.29 is 4.74 Å². The SMILES string of the molecule is CCC(CC)C(NC)c1ccc(C)c(C)c1OC. The van der Waals surface area contributed by atoms with Gasteiger partial charge in [-0.25, -0.2) is 0 Å². The van der Waals surface area contributed by atoms with E-state index in [1.165, 1.54) is 29.5 Å². The second-order valence-corrected chi connectivity index (χ2v) is 4.97. The molecule has 1 aromatic rings. The molecule has 102 valence electrons. The number of aryl methyl sites for hydroxylation is 1. The molecule has 1 atom stereocenters. The maximum absolute atomic E-state index is 5.64. The second-order valence-electron chi connectivity index (χ2n) is 4.97. The maximum atomic E-state index is 5.64. The predicted octanol–water partition coefficient (Wildman–Crippen LogP) is 4.01. The van der Waals surface area contributed by atoms with Crippen LogP contribution in [0.4, 0.5) is 0 Å². The maximum Gasteiger partial charge on any atom is 0.126 e. The van der Waals surface area contributed by atoms with Crippen LogP contribution < -0.4 is 10.1 Å². The van der Waals surface area contributed by atoms with E-state index in [1.54, 1.807) is 7.11 Å². The van der Waals surface area contributed by atoms with E-state index < -0.39 is 0 Å². The first-order valence-electron chi connectivity index (χ1n) is 6.91. The van der Waals surface area contributed by atoms with Crippen molar-refractivity contribution in [1.29, 1.82) is 0 Å². The minimum atomic E-state index is 0.370. The van der Waals surface area contributed by atoms with Crippen LogP contribution in [-0.4, -0.2) is 14.2 Å². The summed E-state index contributed by atoms with van der Waals surface area (Å²) in [5.41, 5.74) is 3.83. The highest BCUT2D eigenvalue weighted by atomic mass is 16.5. The van der Waals surface area contributed by atoms with Crippen molar-refractivity contribution in [3.8, 4) is 5.75 Å². The Bertz CT molecular complexity index is 383. The first-order chi connectivity index (χ1) is 8.60. The van der Waals surface area contributed by atoms with Crippen molar-refractivity contribution in [2.45, 2.75) is 46.6 Å². The summed E-state index contributed by atoms with van der Waals surface area (Å²) in [4.78, 5) is 0. The molecule has 0 amide bonds. The zero-order valence-corrected chi connectivity index (χ0v) is 12.6. The predicted molar refractivity (Wildman–Crippen MR) is 78.3 cm³/mol. The molecule has 0 aliphatic rings. The minimum absolute atomic E-state index is 0.370. The molecule has 1 rings (SSSR count). The van der Waals surface area contributed by atoms with Gasteiger partial charge in [-0.15, -0.1) is 0 Å². The van der Waals surface area contributed by atoms with Crippen LogP contribution >= 0.6 is 0 Å². The van der Waals surface area contributed by atoms with Gasteiger partial charge in [-0.2, -0.15) is 0 Å². The van der Waals surface area contributed by atoms with Crippen molar-refractivity contribution in [1.82, 2.24) is 5.32 Å². The molecule has 1 N–H and O–H groups in total. The van der Waals surface area contributed by atoms with Crippen LogP contribution in [0.5, 0.6) is 5.75 Å². The molecule has 18 heavy (non-hydrogen) atoms. The summed E-state index contributed by atoms with van der Waals surface area (Å²) < 4.78 is 5.64.